The van der Waals surface area contributed by atoms with E-state index >= 15 is 0 Å². The van der Waals surface area contributed by atoms with Gasteiger partial charge >= 0.3 is 0 Å². The van der Waals surface area contributed by atoms with E-state index in [0.717, 1.165) is 25.9 Å². The Bertz CT molecular complexity index is 221. The maximum absolute atomic E-state index is 10.2. The molecule has 0 bridgehead atoms. The van der Waals surface area contributed by atoms with Crippen molar-refractivity contribution in [1.29, 1.82) is 0 Å². The number of aliphatic hydroxyl groups excluding tert-OH is 2. The SMILES string of the molecule is COCCN(CCO)CC1CCC(C)(C)C1O. The number of methoxy groups -OCH3 is 1. The van der Waals surface area contributed by atoms with E-state index in [9.17, 15) is 5.11 Å². The molecule has 1 rings (SSSR count). The first-order valence-electron chi connectivity index (χ1n) is 6.51. The van der Waals surface area contributed by atoms with Gasteiger partial charge in [-0.05, 0) is 24.2 Å². The Labute approximate surface area is 105 Å². The monoisotopic (exact) mass is 245 g/mol. The van der Waals surface area contributed by atoms with E-state index in [0.29, 0.717) is 19.1 Å². The molecular weight excluding hydrogens is 218 g/mol. The molecule has 0 heterocycles. The van der Waals surface area contributed by atoms with Crippen molar-refractivity contribution < 1.29 is 14.9 Å². The predicted molar refractivity (Wildman–Crippen MR) is 67.9 cm³/mol. The van der Waals surface area contributed by atoms with Gasteiger partial charge < -0.3 is 14.9 Å². The highest BCUT2D eigenvalue weighted by Gasteiger charge is 2.40. The topological polar surface area (TPSA) is 52.9 Å². The molecular formula is C13H27NO3. The third-order valence-electron chi connectivity index (χ3n) is 3.93. The predicted octanol–water partition coefficient (Wildman–Crippen LogP) is 0.724. The maximum Gasteiger partial charge on any atom is 0.0631 e. The van der Waals surface area contributed by atoms with Crippen molar-refractivity contribution in [3.05, 3.63) is 0 Å². The van der Waals surface area contributed by atoms with Crippen molar-refractivity contribution in [2.45, 2.75) is 32.8 Å². The van der Waals surface area contributed by atoms with Crippen LogP contribution < -0.4 is 0 Å². The van der Waals surface area contributed by atoms with Crippen LogP contribution in [0.5, 0.6) is 0 Å². The fourth-order valence-electron chi connectivity index (χ4n) is 2.68. The second-order valence-corrected chi connectivity index (χ2v) is 5.75. The average molecular weight is 245 g/mol. The molecule has 2 N–H and O–H groups in total. The Morgan fingerprint density at radius 2 is 2.06 bits per heavy atom. The number of hydrogen-bond donors (Lipinski definition) is 2. The Hall–Kier alpha value is -0.160. The summed E-state index contributed by atoms with van der Waals surface area (Å²) in [7, 11) is 1.69. The standard InChI is InChI=1S/C13H27NO3/c1-13(2)5-4-11(12(13)16)10-14(6-8-15)7-9-17-3/h11-12,15-16H,4-10H2,1-3H3. The number of aliphatic hydroxyl groups is 2. The molecule has 0 amide bonds. The summed E-state index contributed by atoms with van der Waals surface area (Å²) >= 11 is 0. The van der Waals surface area contributed by atoms with Crippen molar-refractivity contribution in [2.75, 3.05) is 40.0 Å². The molecule has 0 aromatic heterocycles. The fourth-order valence-corrected chi connectivity index (χ4v) is 2.68. The van der Waals surface area contributed by atoms with Crippen molar-refractivity contribution in [3.8, 4) is 0 Å². The van der Waals surface area contributed by atoms with Gasteiger partial charge in [0.1, 0.15) is 0 Å². The van der Waals surface area contributed by atoms with Gasteiger partial charge in [-0.25, -0.2) is 0 Å². The zero-order valence-electron chi connectivity index (χ0n) is 11.4. The summed E-state index contributed by atoms with van der Waals surface area (Å²) in [5.41, 5.74) is 0.0385. The third-order valence-corrected chi connectivity index (χ3v) is 3.93. The second-order valence-electron chi connectivity index (χ2n) is 5.75. The van der Waals surface area contributed by atoms with Crippen molar-refractivity contribution in [2.24, 2.45) is 11.3 Å². The number of rotatable bonds is 7. The minimum Gasteiger partial charge on any atom is -0.395 e. The highest BCUT2D eigenvalue weighted by Crippen LogP contribution is 2.41. The Kier molecular flexibility index (Phi) is 5.86. The smallest absolute Gasteiger partial charge is 0.0631 e. The van der Waals surface area contributed by atoms with E-state index in [1.54, 1.807) is 7.11 Å². The van der Waals surface area contributed by atoms with Gasteiger partial charge in [0.15, 0.2) is 0 Å². The maximum atomic E-state index is 10.2. The van der Waals surface area contributed by atoms with Crippen LogP contribution >= 0.6 is 0 Å². The van der Waals surface area contributed by atoms with Gasteiger partial charge in [-0.15, -0.1) is 0 Å². The summed E-state index contributed by atoms with van der Waals surface area (Å²) in [6.45, 7) is 7.43. The summed E-state index contributed by atoms with van der Waals surface area (Å²) in [5, 5.41) is 19.3. The Balaban J connectivity index is 2.44. The van der Waals surface area contributed by atoms with Crippen LogP contribution in [0.3, 0.4) is 0 Å². The summed E-state index contributed by atoms with van der Waals surface area (Å²) in [6.07, 6.45) is 1.92. The molecule has 1 aliphatic rings. The lowest BCUT2D eigenvalue weighted by molar-refractivity contribution is 0.0266. The molecule has 0 aromatic rings. The first kappa shape index (κ1) is 14.9. The van der Waals surface area contributed by atoms with Crippen LogP contribution in [-0.4, -0.2) is 61.2 Å². The minimum atomic E-state index is -0.230. The molecule has 1 aliphatic carbocycles. The van der Waals surface area contributed by atoms with Gasteiger partial charge in [-0.1, -0.05) is 13.8 Å². The summed E-state index contributed by atoms with van der Waals surface area (Å²) in [5.74, 6) is 0.327. The highest BCUT2D eigenvalue weighted by atomic mass is 16.5. The zero-order valence-corrected chi connectivity index (χ0v) is 11.4. The van der Waals surface area contributed by atoms with Gasteiger partial charge in [0, 0.05) is 26.7 Å². The van der Waals surface area contributed by atoms with Crippen LogP contribution in [0.15, 0.2) is 0 Å². The number of ether oxygens (including phenoxy) is 1. The lowest BCUT2D eigenvalue weighted by atomic mass is 9.87. The Morgan fingerprint density at radius 1 is 1.35 bits per heavy atom. The van der Waals surface area contributed by atoms with E-state index in [1.165, 1.54) is 0 Å². The second kappa shape index (κ2) is 6.69. The van der Waals surface area contributed by atoms with Crippen LogP contribution in [0, 0.1) is 11.3 Å². The van der Waals surface area contributed by atoms with E-state index in [-0.39, 0.29) is 18.1 Å². The summed E-state index contributed by atoms with van der Waals surface area (Å²) in [6, 6.07) is 0. The van der Waals surface area contributed by atoms with Crippen molar-refractivity contribution >= 4 is 0 Å². The van der Waals surface area contributed by atoms with Crippen LogP contribution in [0.25, 0.3) is 0 Å². The zero-order chi connectivity index (χ0) is 12.9. The molecule has 0 aliphatic heterocycles. The summed E-state index contributed by atoms with van der Waals surface area (Å²) < 4.78 is 5.07. The molecule has 102 valence electrons. The normalized spacial score (nSPS) is 27.9. The van der Waals surface area contributed by atoms with Gasteiger partial charge in [0.25, 0.3) is 0 Å². The van der Waals surface area contributed by atoms with Gasteiger partial charge in [0.05, 0.1) is 19.3 Å². The van der Waals surface area contributed by atoms with Crippen molar-refractivity contribution in [3.63, 3.8) is 0 Å². The van der Waals surface area contributed by atoms with E-state index in [2.05, 4.69) is 18.7 Å². The largest absolute Gasteiger partial charge is 0.395 e. The van der Waals surface area contributed by atoms with Gasteiger partial charge in [0.2, 0.25) is 0 Å². The molecule has 0 aromatic carbocycles. The van der Waals surface area contributed by atoms with E-state index in [4.69, 9.17) is 9.84 Å². The molecule has 17 heavy (non-hydrogen) atoms. The number of hydrogen-bond acceptors (Lipinski definition) is 4. The lowest BCUT2D eigenvalue weighted by Gasteiger charge is -2.29. The van der Waals surface area contributed by atoms with E-state index in [1.807, 2.05) is 0 Å². The fraction of sp³-hybridized carbons (Fsp3) is 1.00. The first-order chi connectivity index (χ1) is 8.01. The molecule has 2 unspecified atom stereocenters. The summed E-state index contributed by atoms with van der Waals surface area (Å²) in [4.78, 5) is 2.18. The molecule has 1 saturated carbocycles. The van der Waals surface area contributed by atoms with Gasteiger partial charge in [-0.2, -0.15) is 0 Å². The minimum absolute atomic E-state index is 0.0385. The quantitative estimate of drug-likeness (QED) is 0.694. The van der Waals surface area contributed by atoms with E-state index < -0.39 is 0 Å². The molecule has 2 atom stereocenters. The number of nitrogens with zero attached hydrogens (tertiary/aromatic N) is 1. The molecule has 4 nitrogen and oxygen atoms in total. The highest BCUT2D eigenvalue weighted by molar-refractivity contribution is 4.92. The average Bonchev–Trinajstić information content (AvgIpc) is 2.53. The molecule has 0 saturated heterocycles. The first-order valence-corrected chi connectivity index (χ1v) is 6.51. The Morgan fingerprint density at radius 3 is 2.53 bits per heavy atom. The van der Waals surface area contributed by atoms with Crippen LogP contribution in [-0.2, 0) is 4.74 Å². The molecule has 1 fully saturated rings. The van der Waals surface area contributed by atoms with Crippen LogP contribution in [0.1, 0.15) is 26.7 Å². The van der Waals surface area contributed by atoms with Crippen molar-refractivity contribution in [1.82, 2.24) is 4.90 Å². The molecule has 0 spiro atoms. The lowest BCUT2D eigenvalue weighted by Crippen LogP contribution is -2.39. The van der Waals surface area contributed by atoms with Gasteiger partial charge in [-0.3, -0.25) is 4.90 Å². The van der Waals surface area contributed by atoms with Crippen LogP contribution in [0.2, 0.25) is 0 Å². The third kappa shape index (κ3) is 4.21. The molecule has 0 radical (unpaired) electrons. The molecule has 4 heteroatoms. The van der Waals surface area contributed by atoms with Crippen LogP contribution in [0.4, 0.5) is 0 Å².